The molecule has 0 saturated carbocycles. The van der Waals surface area contributed by atoms with Crippen LogP contribution in [0.2, 0.25) is 0 Å². The topological polar surface area (TPSA) is 109 Å². The van der Waals surface area contributed by atoms with Crippen molar-refractivity contribution in [2.75, 3.05) is 0 Å². The van der Waals surface area contributed by atoms with Crippen LogP contribution < -0.4 is 11.1 Å². The van der Waals surface area contributed by atoms with Gasteiger partial charge in [-0.1, -0.05) is 56.3 Å². The van der Waals surface area contributed by atoms with Gasteiger partial charge in [-0.15, -0.1) is 0 Å². The minimum absolute atomic E-state index is 0.0398. The number of hydrogen-bond donors (Lipinski definition) is 3. The first-order chi connectivity index (χ1) is 16.9. The van der Waals surface area contributed by atoms with Crippen molar-refractivity contribution in [1.82, 2.24) is 5.32 Å². The van der Waals surface area contributed by atoms with Crippen molar-refractivity contribution < 1.29 is 32.7 Å². The van der Waals surface area contributed by atoms with E-state index in [1.807, 2.05) is 44.2 Å². The summed E-state index contributed by atoms with van der Waals surface area (Å²) in [7, 11) is 0. The van der Waals surface area contributed by atoms with Crippen molar-refractivity contribution in [3.05, 3.63) is 71.3 Å². The van der Waals surface area contributed by atoms with Gasteiger partial charge in [0.25, 0.3) is 0 Å². The van der Waals surface area contributed by atoms with Crippen LogP contribution in [0.25, 0.3) is 0 Å². The zero-order chi connectivity index (χ0) is 26.9. The van der Waals surface area contributed by atoms with Gasteiger partial charge in [-0.05, 0) is 54.9 Å². The highest BCUT2D eigenvalue weighted by Gasteiger charge is 2.31. The molecule has 3 atom stereocenters. The molecular weight excluding hydrogens is 473 g/mol. The molecule has 0 bridgehead atoms. The SMILES string of the molecule is CC(C)C[C@H](NC(=O)[C@@H](N)CCc1ccccc1)C(=O)C[C@@H](Cc1ccc(C(F)(F)F)cc1)C(=O)O. The normalized spacial score (nSPS) is 14.2. The van der Waals surface area contributed by atoms with Crippen LogP contribution in [0.4, 0.5) is 13.2 Å². The minimum Gasteiger partial charge on any atom is -0.481 e. The molecule has 0 aliphatic rings. The quantitative estimate of drug-likeness (QED) is 0.373. The second-order valence-electron chi connectivity index (χ2n) is 9.43. The number of aryl methyl sites for hydroxylation is 1. The Morgan fingerprint density at radius 3 is 2.11 bits per heavy atom. The third-order valence-electron chi connectivity index (χ3n) is 5.90. The minimum atomic E-state index is -4.50. The van der Waals surface area contributed by atoms with Crippen molar-refractivity contribution in [3.63, 3.8) is 0 Å². The number of amides is 1. The van der Waals surface area contributed by atoms with Crippen molar-refractivity contribution in [2.45, 2.75) is 64.2 Å². The molecule has 0 spiro atoms. The van der Waals surface area contributed by atoms with E-state index in [0.717, 1.165) is 17.7 Å². The van der Waals surface area contributed by atoms with Gasteiger partial charge in [0.15, 0.2) is 5.78 Å². The molecule has 0 aromatic heterocycles. The van der Waals surface area contributed by atoms with Crippen LogP contribution in [0.5, 0.6) is 0 Å². The molecule has 4 N–H and O–H groups in total. The third kappa shape index (κ3) is 9.45. The average molecular weight is 507 g/mol. The maximum atomic E-state index is 13.0. The van der Waals surface area contributed by atoms with Gasteiger partial charge in [-0.25, -0.2) is 0 Å². The fourth-order valence-electron chi connectivity index (χ4n) is 3.87. The lowest BCUT2D eigenvalue weighted by atomic mass is 9.89. The number of aliphatic carboxylic acids is 1. The van der Waals surface area contributed by atoms with Gasteiger partial charge in [0.05, 0.1) is 23.6 Å². The van der Waals surface area contributed by atoms with Gasteiger partial charge < -0.3 is 16.2 Å². The number of nitrogens with two attached hydrogens (primary N) is 1. The van der Waals surface area contributed by atoms with E-state index >= 15 is 0 Å². The van der Waals surface area contributed by atoms with Gasteiger partial charge in [0.1, 0.15) is 0 Å². The molecule has 0 heterocycles. The molecule has 6 nitrogen and oxygen atoms in total. The van der Waals surface area contributed by atoms with Crippen molar-refractivity contribution in [2.24, 2.45) is 17.6 Å². The molecule has 9 heteroatoms. The van der Waals surface area contributed by atoms with Crippen LogP contribution in [0.1, 0.15) is 49.8 Å². The van der Waals surface area contributed by atoms with Crippen LogP contribution in [0, 0.1) is 11.8 Å². The third-order valence-corrected chi connectivity index (χ3v) is 5.90. The summed E-state index contributed by atoms with van der Waals surface area (Å²) in [5.41, 5.74) is 6.61. The lowest BCUT2D eigenvalue weighted by Gasteiger charge is -2.23. The van der Waals surface area contributed by atoms with Gasteiger partial charge in [-0.2, -0.15) is 13.2 Å². The van der Waals surface area contributed by atoms with E-state index < -0.39 is 47.4 Å². The van der Waals surface area contributed by atoms with Crippen molar-refractivity contribution >= 4 is 17.7 Å². The van der Waals surface area contributed by atoms with E-state index in [9.17, 15) is 32.7 Å². The van der Waals surface area contributed by atoms with Crippen molar-refractivity contribution in [1.29, 1.82) is 0 Å². The number of carbonyl (C=O) groups is 3. The predicted octanol–water partition coefficient (Wildman–Crippen LogP) is 4.40. The summed E-state index contributed by atoms with van der Waals surface area (Å²) >= 11 is 0. The first-order valence-corrected chi connectivity index (χ1v) is 11.9. The number of ketones is 1. The van der Waals surface area contributed by atoms with Gasteiger partial charge in [-0.3, -0.25) is 14.4 Å². The molecule has 0 aliphatic heterocycles. The number of Topliss-reactive ketones (excluding diaryl/α,β-unsaturated/α-hetero) is 1. The molecule has 0 saturated heterocycles. The molecule has 0 radical (unpaired) electrons. The largest absolute Gasteiger partial charge is 0.481 e. The lowest BCUT2D eigenvalue weighted by molar-refractivity contribution is -0.144. The van der Waals surface area contributed by atoms with Gasteiger partial charge >= 0.3 is 12.1 Å². The number of halogens is 3. The van der Waals surface area contributed by atoms with Gasteiger partial charge in [0, 0.05) is 6.42 Å². The zero-order valence-electron chi connectivity index (χ0n) is 20.4. The molecule has 0 unspecified atom stereocenters. The predicted molar refractivity (Wildman–Crippen MR) is 130 cm³/mol. The molecule has 2 aromatic rings. The highest BCUT2D eigenvalue weighted by atomic mass is 19.4. The number of carboxylic acids is 1. The summed E-state index contributed by atoms with van der Waals surface area (Å²) < 4.78 is 38.4. The molecule has 36 heavy (non-hydrogen) atoms. The number of alkyl halides is 3. The first-order valence-electron chi connectivity index (χ1n) is 11.9. The van der Waals surface area contributed by atoms with E-state index in [4.69, 9.17) is 5.73 Å². The summed E-state index contributed by atoms with van der Waals surface area (Å²) in [6, 6.07) is 12.0. The van der Waals surface area contributed by atoms with Gasteiger partial charge in [0.2, 0.25) is 5.91 Å². The molecule has 2 aromatic carbocycles. The number of carbonyl (C=O) groups excluding carboxylic acids is 2. The Morgan fingerprint density at radius 1 is 0.972 bits per heavy atom. The number of rotatable bonds is 13. The fourth-order valence-corrected chi connectivity index (χ4v) is 3.87. The van der Waals surface area contributed by atoms with Crippen LogP contribution in [-0.4, -0.2) is 34.8 Å². The zero-order valence-corrected chi connectivity index (χ0v) is 20.4. The summed E-state index contributed by atoms with van der Waals surface area (Å²) in [4.78, 5) is 37.5. The second-order valence-corrected chi connectivity index (χ2v) is 9.43. The Hall–Kier alpha value is -3.20. The molecule has 1 amide bonds. The van der Waals surface area contributed by atoms with Crippen LogP contribution in [0.3, 0.4) is 0 Å². The highest BCUT2D eigenvalue weighted by Crippen LogP contribution is 2.29. The van der Waals surface area contributed by atoms with E-state index in [1.54, 1.807) is 0 Å². The Labute approximate surface area is 209 Å². The molecule has 2 rings (SSSR count). The number of benzene rings is 2. The van der Waals surface area contributed by atoms with E-state index in [0.29, 0.717) is 24.8 Å². The summed E-state index contributed by atoms with van der Waals surface area (Å²) in [6.07, 6.45) is -3.70. The molecule has 0 aliphatic carbocycles. The first kappa shape index (κ1) is 29.0. The van der Waals surface area contributed by atoms with Crippen molar-refractivity contribution in [3.8, 4) is 0 Å². The highest BCUT2D eigenvalue weighted by molar-refractivity contribution is 5.92. The van der Waals surface area contributed by atoms with E-state index in [2.05, 4.69) is 5.32 Å². The maximum absolute atomic E-state index is 13.0. The Kier molecular flexibility index (Phi) is 10.6. The van der Waals surface area contributed by atoms with Crippen LogP contribution >= 0.6 is 0 Å². The fraction of sp³-hybridized carbons (Fsp3) is 0.444. The number of hydrogen-bond acceptors (Lipinski definition) is 4. The molecular formula is C27H33F3N2O4. The maximum Gasteiger partial charge on any atom is 0.416 e. The smallest absolute Gasteiger partial charge is 0.416 e. The number of nitrogens with one attached hydrogen (secondary N) is 1. The molecule has 196 valence electrons. The Bertz CT molecular complexity index is 1010. The Morgan fingerprint density at radius 2 is 1.58 bits per heavy atom. The standard InChI is InChI=1S/C27H33F3N2O4/c1-17(2)14-23(32-25(34)22(31)13-10-18-6-4-3-5-7-18)24(33)16-20(26(35)36)15-19-8-11-21(12-9-19)27(28,29)30/h3-9,11-12,17,20,22-23H,10,13-16,31H2,1-2H3,(H,32,34)(H,35,36)/t20-,22+,23+/m1/s1. The average Bonchev–Trinajstić information content (AvgIpc) is 2.81. The monoisotopic (exact) mass is 506 g/mol. The van der Waals surface area contributed by atoms with E-state index in [-0.39, 0.29) is 18.8 Å². The Balaban J connectivity index is 2.03. The van der Waals surface area contributed by atoms with Crippen LogP contribution in [-0.2, 0) is 33.4 Å². The number of carboxylic acid groups (broad SMARTS) is 1. The second kappa shape index (κ2) is 13.2. The molecule has 0 fully saturated rings. The summed E-state index contributed by atoms with van der Waals surface area (Å²) in [5.74, 6) is -3.28. The summed E-state index contributed by atoms with van der Waals surface area (Å²) in [6.45, 7) is 3.75. The lowest BCUT2D eigenvalue weighted by Crippen LogP contribution is -2.49. The van der Waals surface area contributed by atoms with E-state index in [1.165, 1.54) is 12.1 Å². The summed E-state index contributed by atoms with van der Waals surface area (Å²) in [5, 5.41) is 12.3. The van der Waals surface area contributed by atoms with Crippen LogP contribution in [0.15, 0.2) is 54.6 Å².